The molecule has 2 aliphatic rings. The fraction of sp³-hybridized carbons (Fsp3) is 1.00. The molecule has 0 aromatic heterocycles. The minimum absolute atomic E-state index is 0.142. The molecule has 0 spiro atoms. The van der Waals surface area contributed by atoms with Crippen molar-refractivity contribution < 1.29 is 14.9 Å². The monoisotopic (exact) mass is 214 g/mol. The Morgan fingerprint density at radius 2 is 1.93 bits per heavy atom. The summed E-state index contributed by atoms with van der Waals surface area (Å²) < 4.78 is 5.26. The van der Waals surface area contributed by atoms with Crippen LogP contribution in [0.15, 0.2) is 0 Å². The van der Waals surface area contributed by atoms with Gasteiger partial charge >= 0.3 is 0 Å². The minimum Gasteiger partial charge on any atom is -0.390 e. The standard InChI is InChI=1S/C12H22O3/c1-9-2-5-12(14,6-3-9)11(13)10-4-7-15-8-10/h9-11,13-14H,2-8H2,1H3. The molecule has 0 bridgehead atoms. The van der Waals surface area contributed by atoms with Gasteiger partial charge in [0.05, 0.1) is 18.3 Å². The number of aliphatic hydroxyl groups excluding tert-OH is 1. The van der Waals surface area contributed by atoms with E-state index >= 15 is 0 Å². The molecule has 0 aromatic carbocycles. The van der Waals surface area contributed by atoms with Gasteiger partial charge in [0.2, 0.25) is 0 Å². The lowest BCUT2D eigenvalue weighted by atomic mass is 9.73. The van der Waals surface area contributed by atoms with E-state index in [0.717, 1.165) is 38.7 Å². The second-order valence-corrected chi connectivity index (χ2v) is 5.35. The first kappa shape index (κ1) is 11.4. The molecule has 88 valence electrons. The molecule has 3 nitrogen and oxygen atoms in total. The van der Waals surface area contributed by atoms with E-state index in [9.17, 15) is 10.2 Å². The molecule has 0 amide bonds. The van der Waals surface area contributed by atoms with Crippen molar-refractivity contribution in [2.45, 2.75) is 50.7 Å². The molecule has 2 rings (SSSR count). The van der Waals surface area contributed by atoms with Crippen molar-refractivity contribution in [3.05, 3.63) is 0 Å². The van der Waals surface area contributed by atoms with Crippen molar-refractivity contribution in [3.8, 4) is 0 Å². The number of hydrogen-bond acceptors (Lipinski definition) is 3. The zero-order valence-electron chi connectivity index (χ0n) is 9.48. The van der Waals surface area contributed by atoms with Gasteiger partial charge in [-0.05, 0) is 38.0 Å². The van der Waals surface area contributed by atoms with E-state index in [1.807, 2.05) is 0 Å². The van der Waals surface area contributed by atoms with E-state index in [1.54, 1.807) is 0 Å². The van der Waals surface area contributed by atoms with E-state index in [-0.39, 0.29) is 5.92 Å². The van der Waals surface area contributed by atoms with Crippen LogP contribution in [-0.4, -0.2) is 35.1 Å². The Kier molecular flexibility index (Phi) is 3.33. The minimum atomic E-state index is -0.842. The summed E-state index contributed by atoms with van der Waals surface area (Å²) in [6, 6.07) is 0. The fourth-order valence-corrected chi connectivity index (χ4v) is 2.80. The first-order valence-corrected chi connectivity index (χ1v) is 6.10. The topological polar surface area (TPSA) is 49.7 Å². The average Bonchev–Trinajstić information content (AvgIpc) is 2.75. The van der Waals surface area contributed by atoms with E-state index < -0.39 is 11.7 Å². The van der Waals surface area contributed by atoms with Crippen molar-refractivity contribution >= 4 is 0 Å². The Hall–Kier alpha value is -0.120. The van der Waals surface area contributed by atoms with Crippen LogP contribution in [0, 0.1) is 11.8 Å². The van der Waals surface area contributed by atoms with Gasteiger partial charge in [0.15, 0.2) is 0 Å². The van der Waals surface area contributed by atoms with Gasteiger partial charge in [0.1, 0.15) is 0 Å². The van der Waals surface area contributed by atoms with Crippen molar-refractivity contribution in [1.29, 1.82) is 0 Å². The van der Waals surface area contributed by atoms with Crippen LogP contribution in [0.4, 0.5) is 0 Å². The van der Waals surface area contributed by atoms with Gasteiger partial charge in [-0.15, -0.1) is 0 Å². The van der Waals surface area contributed by atoms with Crippen molar-refractivity contribution in [2.24, 2.45) is 11.8 Å². The maximum absolute atomic E-state index is 10.4. The van der Waals surface area contributed by atoms with Gasteiger partial charge < -0.3 is 14.9 Å². The molecule has 0 radical (unpaired) electrons. The van der Waals surface area contributed by atoms with E-state index in [1.165, 1.54) is 0 Å². The Balaban J connectivity index is 1.95. The predicted octanol–water partition coefficient (Wildman–Crippen LogP) is 1.32. The normalized spacial score (nSPS) is 44.2. The number of rotatable bonds is 2. The van der Waals surface area contributed by atoms with Crippen LogP contribution in [0.3, 0.4) is 0 Å². The Labute approximate surface area is 91.4 Å². The molecular weight excluding hydrogens is 192 g/mol. The molecule has 15 heavy (non-hydrogen) atoms. The smallest absolute Gasteiger partial charge is 0.0909 e. The maximum atomic E-state index is 10.4. The van der Waals surface area contributed by atoms with E-state index in [4.69, 9.17) is 4.74 Å². The molecule has 1 aliphatic heterocycles. The Morgan fingerprint density at radius 3 is 2.47 bits per heavy atom. The SMILES string of the molecule is CC1CCC(O)(C(O)C2CCOC2)CC1. The second kappa shape index (κ2) is 4.40. The van der Waals surface area contributed by atoms with Gasteiger partial charge in [-0.25, -0.2) is 0 Å². The summed E-state index contributed by atoms with van der Waals surface area (Å²) in [6.07, 6.45) is 3.84. The van der Waals surface area contributed by atoms with Gasteiger partial charge in [-0.1, -0.05) is 6.92 Å². The van der Waals surface area contributed by atoms with Crippen LogP contribution < -0.4 is 0 Å². The third-order valence-corrected chi connectivity index (χ3v) is 4.10. The van der Waals surface area contributed by atoms with E-state index in [0.29, 0.717) is 12.5 Å². The predicted molar refractivity (Wildman–Crippen MR) is 57.5 cm³/mol. The van der Waals surface area contributed by atoms with Gasteiger partial charge in [0.25, 0.3) is 0 Å². The highest BCUT2D eigenvalue weighted by atomic mass is 16.5. The first-order valence-electron chi connectivity index (χ1n) is 6.10. The molecule has 2 unspecified atom stereocenters. The van der Waals surface area contributed by atoms with Crippen LogP contribution in [0.2, 0.25) is 0 Å². The summed E-state index contributed by atoms with van der Waals surface area (Å²) in [6.45, 7) is 3.55. The summed E-state index contributed by atoms with van der Waals surface area (Å²) in [7, 11) is 0. The third-order valence-electron chi connectivity index (χ3n) is 4.10. The molecule has 1 aliphatic carbocycles. The molecule has 1 saturated heterocycles. The third kappa shape index (κ3) is 2.35. The van der Waals surface area contributed by atoms with Gasteiger partial charge in [0, 0.05) is 12.5 Å². The highest BCUT2D eigenvalue weighted by Gasteiger charge is 2.43. The molecule has 1 heterocycles. The molecule has 1 saturated carbocycles. The maximum Gasteiger partial charge on any atom is 0.0909 e. The lowest BCUT2D eigenvalue weighted by Gasteiger charge is -2.40. The number of hydrogen-bond donors (Lipinski definition) is 2. The lowest BCUT2D eigenvalue weighted by Crippen LogP contribution is -2.49. The molecule has 2 atom stereocenters. The lowest BCUT2D eigenvalue weighted by molar-refractivity contribution is -0.125. The largest absolute Gasteiger partial charge is 0.390 e. The Bertz CT molecular complexity index is 203. The highest BCUT2D eigenvalue weighted by molar-refractivity contribution is 4.94. The molecule has 0 aromatic rings. The average molecular weight is 214 g/mol. The van der Waals surface area contributed by atoms with Crippen molar-refractivity contribution in [1.82, 2.24) is 0 Å². The van der Waals surface area contributed by atoms with Crippen LogP contribution in [0.5, 0.6) is 0 Å². The molecule has 3 heteroatoms. The number of ether oxygens (including phenoxy) is 1. The first-order chi connectivity index (χ1) is 7.12. The summed E-state index contributed by atoms with van der Waals surface area (Å²) in [5.41, 5.74) is -0.842. The molecule has 2 fully saturated rings. The fourth-order valence-electron chi connectivity index (χ4n) is 2.80. The Morgan fingerprint density at radius 1 is 1.27 bits per heavy atom. The summed E-state index contributed by atoms with van der Waals surface area (Å²) in [5.74, 6) is 0.834. The zero-order valence-corrected chi connectivity index (χ0v) is 9.48. The second-order valence-electron chi connectivity index (χ2n) is 5.35. The quantitative estimate of drug-likeness (QED) is 0.729. The van der Waals surface area contributed by atoms with Crippen molar-refractivity contribution in [3.63, 3.8) is 0 Å². The molecular formula is C12H22O3. The van der Waals surface area contributed by atoms with Crippen LogP contribution in [0.1, 0.15) is 39.0 Å². The molecule has 2 N–H and O–H groups in total. The summed E-state index contributed by atoms with van der Waals surface area (Å²) >= 11 is 0. The van der Waals surface area contributed by atoms with Gasteiger partial charge in [-0.3, -0.25) is 0 Å². The van der Waals surface area contributed by atoms with Crippen LogP contribution >= 0.6 is 0 Å². The van der Waals surface area contributed by atoms with Crippen molar-refractivity contribution in [2.75, 3.05) is 13.2 Å². The van der Waals surface area contributed by atoms with Crippen LogP contribution in [0.25, 0.3) is 0 Å². The van der Waals surface area contributed by atoms with E-state index in [2.05, 4.69) is 6.92 Å². The summed E-state index contributed by atoms with van der Waals surface area (Å²) in [4.78, 5) is 0. The summed E-state index contributed by atoms with van der Waals surface area (Å²) in [5, 5.41) is 20.6. The number of aliphatic hydroxyl groups is 2. The van der Waals surface area contributed by atoms with Crippen LogP contribution in [-0.2, 0) is 4.74 Å². The highest BCUT2D eigenvalue weighted by Crippen LogP contribution is 2.37. The zero-order chi connectivity index (χ0) is 10.9. The van der Waals surface area contributed by atoms with Gasteiger partial charge in [-0.2, -0.15) is 0 Å².